The molecular formula is C11H10ClNO2. The average molecular weight is 224 g/mol. The van der Waals surface area contributed by atoms with Crippen LogP contribution in [0.2, 0.25) is 5.02 Å². The second-order valence-electron chi connectivity index (χ2n) is 3.10. The molecule has 0 unspecified atom stereocenters. The van der Waals surface area contributed by atoms with E-state index in [1.165, 1.54) is 0 Å². The molecule has 0 radical (unpaired) electrons. The fourth-order valence-electron chi connectivity index (χ4n) is 1.37. The second-order valence-corrected chi connectivity index (χ2v) is 3.53. The zero-order valence-electron chi connectivity index (χ0n) is 8.45. The molecule has 15 heavy (non-hydrogen) atoms. The topological polar surface area (TPSA) is 35.3 Å². The van der Waals surface area contributed by atoms with Gasteiger partial charge in [-0.2, -0.15) is 0 Å². The highest BCUT2D eigenvalue weighted by Gasteiger charge is 2.10. The van der Waals surface area contributed by atoms with Gasteiger partial charge in [0.2, 0.25) is 0 Å². The molecule has 0 spiro atoms. The van der Waals surface area contributed by atoms with Crippen LogP contribution in [0.25, 0.3) is 11.3 Å². The lowest BCUT2D eigenvalue weighted by atomic mass is 10.1. The fraction of sp³-hybridized carbons (Fsp3) is 0.182. The maximum Gasteiger partial charge on any atom is 0.191 e. The molecule has 0 saturated carbocycles. The maximum atomic E-state index is 5.92. The summed E-state index contributed by atoms with van der Waals surface area (Å²) in [6.45, 7) is 1.79. The van der Waals surface area contributed by atoms with E-state index in [1.54, 1.807) is 32.4 Å². The molecule has 2 rings (SSSR count). The normalized spacial score (nSPS) is 10.3. The summed E-state index contributed by atoms with van der Waals surface area (Å²) in [5.41, 5.74) is 1.56. The lowest BCUT2D eigenvalue weighted by molar-refractivity contribution is 0.416. The first-order chi connectivity index (χ1) is 7.20. The highest BCUT2D eigenvalue weighted by molar-refractivity contribution is 6.30. The van der Waals surface area contributed by atoms with Crippen LogP contribution < -0.4 is 4.74 Å². The smallest absolute Gasteiger partial charge is 0.191 e. The van der Waals surface area contributed by atoms with Crippen molar-refractivity contribution in [1.82, 2.24) is 4.98 Å². The molecule has 0 aliphatic heterocycles. The Morgan fingerprint density at radius 1 is 1.40 bits per heavy atom. The lowest BCUT2D eigenvalue weighted by Gasteiger charge is -2.05. The summed E-state index contributed by atoms with van der Waals surface area (Å²) in [7, 11) is 1.61. The van der Waals surface area contributed by atoms with Gasteiger partial charge in [-0.05, 0) is 18.2 Å². The number of rotatable bonds is 2. The standard InChI is InChI=1S/C11H10ClNO2/c1-7-13-10(6-15-7)9-5-8(12)3-4-11(9)14-2/h3-6H,1-2H3. The van der Waals surface area contributed by atoms with Gasteiger partial charge in [-0.1, -0.05) is 11.6 Å². The molecule has 0 fully saturated rings. The summed E-state index contributed by atoms with van der Waals surface area (Å²) in [6.07, 6.45) is 1.59. The van der Waals surface area contributed by atoms with E-state index in [4.69, 9.17) is 20.8 Å². The van der Waals surface area contributed by atoms with E-state index >= 15 is 0 Å². The third-order valence-electron chi connectivity index (χ3n) is 2.06. The average Bonchev–Trinajstić information content (AvgIpc) is 2.65. The van der Waals surface area contributed by atoms with Crippen LogP contribution in [-0.2, 0) is 0 Å². The first-order valence-electron chi connectivity index (χ1n) is 4.47. The van der Waals surface area contributed by atoms with Crippen LogP contribution in [0, 0.1) is 6.92 Å². The first kappa shape index (κ1) is 10.1. The first-order valence-corrected chi connectivity index (χ1v) is 4.84. The molecule has 4 heteroatoms. The minimum atomic E-state index is 0.618. The molecule has 0 saturated heterocycles. The number of nitrogens with zero attached hydrogens (tertiary/aromatic N) is 1. The lowest BCUT2D eigenvalue weighted by Crippen LogP contribution is -1.88. The Bertz CT molecular complexity index is 479. The van der Waals surface area contributed by atoms with E-state index in [0.717, 1.165) is 17.0 Å². The summed E-state index contributed by atoms with van der Waals surface area (Å²) < 4.78 is 10.4. The van der Waals surface area contributed by atoms with Gasteiger partial charge in [0.1, 0.15) is 17.7 Å². The predicted octanol–water partition coefficient (Wildman–Crippen LogP) is 3.31. The van der Waals surface area contributed by atoms with Crippen LogP contribution in [0.15, 0.2) is 28.9 Å². The minimum absolute atomic E-state index is 0.618. The van der Waals surface area contributed by atoms with Gasteiger partial charge in [-0.25, -0.2) is 4.98 Å². The van der Waals surface area contributed by atoms with Crippen molar-refractivity contribution in [3.05, 3.63) is 35.4 Å². The van der Waals surface area contributed by atoms with Crippen molar-refractivity contribution in [1.29, 1.82) is 0 Å². The van der Waals surface area contributed by atoms with Gasteiger partial charge in [0.15, 0.2) is 5.89 Å². The summed E-state index contributed by atoms with van der Waals surface area (Å²) in [5, 5.41) is 0.645. The fourth-order valence-corrected chi connectivity index (χ4v) is 1.54. The molecule has 0 atom stereocenters. The SMILES string of the molecule is COc1ccc(Cl)cc1-c1coc(C)n1. The van der Waals surface area contributed by atoms with Crippen LogP contribution in [0.4, 0.5) is 0 Å². The van der Waals surface area contributed by atoms with Gasteiger partial charge in [-0.15, -0.1) is 0 Å². The number of aryl methyl sites for hydroxylation is 1. The Morgan fingerprint density at radius 3 is 2.80 bits per heavy atom. The van der Waals surface area contributed by atoms with Crippen LogP contribution in [0.5, 0.6) is 5.75 Å². The van der Waals surface area contributed by atoms with Crippen molar-refractivity contribution >= 4 is 11.6 Å². The van der Waals surface area contributed by atoms with Gasteiger partial charge in [-0.3, -0.25) is 0 Å². The molecule has 78 valence electrons. The van der Waals surface area contributed by atoms with E-state index in [9.17, 15) is 0 Å². The second kappa shape index (κ2) is 3.95. The largest absolute Gasteiger partial charge is 0.496 e. The molecule has 0 amide bonds. The highest BCUT2D eigenvalue weighted by atomic mass is 35.5. The number of hydrogen-bond acceptors (Lipinski definition) is 3. The zero-order chi connectivity index (χ0) is 10.8. The third kappa shape index (κ3) is 1.97. The Labute approximate surface area is 92.6 Å². The van der Waals surface area contributed by atoms with Gasteiger partial charge < -0.3 is 9.15 Å². The van der Waals surface area contributed by atoms with E-state index in [-0.39, 0.29) is 0 Å². The van der Waals surface area contributed by atoms with Crippen LogP contribution >= 0.6 is 11.6 Å². The summed E-state index contributed by atoms with van der Waals surface area (Å²) in [5.74, 6) is 1.35. The molecule has 2 aromatic rings. The van der Waals surface area contributed by atoms with E-state index < -0.39 is 0 Å². The van der Waals surface area contributed by atoms with E-state index in [2.05, 4.69) is 4.98 Å². The molecular weight excluding hydrogens is 214 g/mol. The van der Waals surface area contributed by atoms with Gasteiger partial charge in [0, 0.05) is 17.5 Å². The molecule has 0 bridgehead atoms. The van der Waals surface area contributed by atoms with Crippen molar-refractivity contribution in [2.24, 2.45) is 0 Å². The number of methoxy groups -OCH3 is 1. The van der Waals surface area contributed by atoms with Crippen molar-refractivity contribution < 1.29 is 9.15 Å². The molecule has 1 aromatic carbocycles. The molecule has 3 nitrogen and oxygen atoms in total. The van der Waals surface area contributed by atoms with Crippen molar-refractivity contribution in [3.8, 4) is 17.0 Å². The Balaban J connectivity index is 2.55. The zero-order valence-corrected chi connectivity index (χ0v) is 9.21. The monoisotopic (exact) mass is 223 g/mol. The van der Waals surface area contributed by atoms with E-state index in [0.29, 0.717) is 10.9 Å². The van der Waals surface area contributed by atoms with Crippen molar-refractivity contribution in [3.63, 3.8) is 0 Å². The van der Waals surface area contributed by atoms with Gasteiger partial charge in [0.05, 0.1) is 7.11 Å². The van der Waals surface area contributed by atoms with E-state index in [1.807, 2.05) is 6.07 Å². The quantitative estimate of drug-likeness (QED) is 0.784. The molecule has 0 aliphatic carbocycles. The van der Waals surface area contributed by atoms with Crippen LogP contribution in [-0.4, -0.2) is 12.1 Å². The van der Waals surface area contributed by atoms with Crippen LogP contribution in [0.1, 0.15) is 5.89 Å². The number of aromatic nitrogens is 1. The van der Waals surface area contributed by atoms with Gasteiger partial charge in [0.25, 0.3) is 0 Å². The number of benzene rings is 1. The number of ether oxygens (including phenoxy) is 1. The Hall–Kier alpha value is -1.48. The third-order valence-corrected chi connectivity index (χ3v) is 2.29. The summed E-state index contributed by atoms with van der Waals surface area (Å²) in [4.78, 5) is 4.23. The number of halogens is 1. The predicted molar refractivity (Wildman–Crippen MR) is 58.2 cm³/mol. The van der Waals surface area contributed by atoms with Crippen LogP contribution in [0.3, 0.4) is 0 Å². The molecule has 1 heterocycles. The highest BCUT2D eigenvalue weighted by Crippen LogP contribution is 2.31. The summed E-state index contributed by atoms with van der Waals surface area (Å²) in [6, 6.07) is 5.39. The van der Waals surface area contributed by atoms with Gasteiger partial charge >= 0.3 is 0 Å². The van der Waals surface area contributed by atoms with Crippen molar-refractivity contribution in [2.75, 3.05) is 7.11 Å². The van der Waals surface area contributed by atoms with Crippen molar-refractivity contribution in [2.45, 2.75) is 6.92 Å². The molecule has 0 aliphatic rings. The summed E-state index contributed by atoms with van der Waals surface area (Å²) >= 11 is 5.92. The number of hydrogen-bond donors (Lipinski definition) is 0. The minimum Gasteiger partial charge on any atom is -0.496 e. The number of oxazole rings is 1. The Kier molecular flexibility index (Phi) is 2.64. The maximum absolute atomic E-state index is 5.92. The molecule has 0 N–H and O–H groups in total. The molecule has 1 aromatic heterocycles. The Morgan fingerprint density at radius 2 is 2.20 bits per heavy atom.